The van der Waals surface area contributed by atoms with Gasteiger partial charge in [0.2, 0.25) is 5.75 Å². The standard InChI is InChI=1S/C18H22N2O5S/c1-12-6-7-13(2)17(8-12)26(21,22)20-19-11-14-9-15(23-3)18(25-5)16(10-14)24-4/h6-11,20H,1-5H3. The molecule has 26 heavy (non-hydrogen) atoms. The Hall–Kier alpha value is -2.74. The lowest BCUT2D eigenvalue weighted by Gasteiger charge is -2.12. The Labute approximate surface area is 153 Å². The molecule has 0 fully saturated rings. The van der Waals surface area contributed by atoms with Crippen molar-refractivity contribution in [2.45, 2.75) is 18.7 Å². The van der Waals surface area contributed by atoms with Crippen molar-refractivity contribution in [2.75, 3.05) is 21.3 Å². The number of aryl methyl sites for hydroxylation is 2. The summed E-state index contributed by atoms with van der Waals surface area (Å²) in [5.41, 5.74) is 2.08. The van der Waals surface area contributed by atoms with Gasteiger partial charge in [0.1, 0.15) is 0 Å². The van der Waals surface area contributed by atoms with Crippen LogP contribution in [-0.4, -0.2) is 36.0 Å². The maximum atomic E-state index is 12.4. The van der Waals surface area contributed by atoms with Crippen LogP contribution in [0.1, 0.15) is 16.7 Å². The lowest BCUT2D eigenvalue weighted by molar-refractivity contribution is 0.324. The van der Waals surface area contributed by atoms with Gasteiger partial charge in [0.25, 0.3) is 10.0 Å². The summed E-state index contributed by atoms with van der Waals surface area (Å²) in [4.78, 5) is 2.42. The van der Waals surface area contributed by atoms with E-state index in [1.807, 2.05) is 13.0 Å². The van der Waals surface area contributed by atoms with Crippen molar-refractivity contribution in [3.63, 3.8) is 0 Å². The fraction of sp³-hybridized carbons (Fsp3) is 0.278. The van der Waals surface area contributed by atoms with Crippen molar-refractivity contribution in [3.8, 4) is 17.2 Å². The van der Waals surface area contributed by atoms with Crippen LogP contribution in [-0.2, 0) is 10.0 Å². The summed E-state index contributed by atoms with van der Waals surface area (Å²) < 4.78 is 40.7. The number of methoxy groups -OCH3 is 3. The van der Waals surface area contributed by atoms with Crippen LogP contribution in [0.3, 0.4) is 0 Å². The normalized spacial score (nSPS) is 11.4. The first-order chi connectivity index (χ1) is 12.3. The van der Waals surface area contributed by atoms with E-state index in [0.717, 1.165) is 5.56 Å². The van der Waals surface area contributed by atoms with E-state index in [2.05, 4.69) is 9.93 Å². The number of sulfonamides is 1. The molecule has 8 heteroatoms. The average Bonchev–Trinajstić information content (AvgIpc) is 2.62. The van der Waals surface area contributed by atoms with Crippen molar-refractivity contribution in [1.82, 2.24) is 4.83 Å². The lowest BCUT2D eigenvalue weighted by atomic mass is 10.2. The number of hydrogen-bond donors (Lipinski definition) is 1. The van der Waals surface area contributed by atoms with Crippen LogP contribution in [0.25, 0.3) is 0 Å². The van der Waals surface area contributed by atoms with Crippen LogP contribution in [0.4, 0.5) is 0 Å². The molecule has 0 aliphatic rings. The molecule has 7 nitrogen and oxygen atoms in total. The molecule has 0 unspecified atom stereocenters. The fourth-order valence-corrected chi connectivity index (χ4v) is 3.51. The molecule has 0 saturated carbocycles. The molecule has 0 atom stereocenters. The summed E-state index contributed by atoms with van der Waals surface area (Å²) in [6.07, 6.45) is 1.37. The lowest BCUT2D eigenvalue weighted by Crippen LogP contribution is -2.19. The molecule has 0 amide bonds. The number of ether oxygens (including phenoxy) is 3. The van der Waals surface area contributed by atoms with E-state index in [1.165, 1.54) is 27.5 Å². The van der Waals surface area contributed by atoms with Crippen molar-refractivity contribution in [2.24, 2.45) is 5.10 Å². The van der Waals surface area contributed by atoms with E-state index < -0.39 is 10.0 Å². The smallest absolute Gasteiger partial charge is 0.276 e. The molecule has 0 heterocycles. The summed E-state index contributed by atoms with van der Waals surface area (Å²) in [5.74, 6) is 1.35. The third-order valence-electron chi connectivity index (χ3n) is 3.71. The maximum Gasteiger partial charge on any atom is 0.276 e. The highest BCUT2D eigenvalue weighted by Gasteiger charge is 2.16. The minimum absolute atomic E-state index is 0.194. The summed E-state index contributed by atoms with van der Waals surface area (Å²) in [6, 6.07) is 8.54. The molecular weight excluding hydrogens is 356 g/mol. The molecule has 140 valence electrons. The quantitative estimate of drug-likeness (QED) is 0.591. The molecule has 0 aliphatic carbocycles. The number of nitrogens with zero attached hydrogens (tertiary/aromatic N) is 1. The van der Waals surface area contributed by atoms with Crippen LogP contribution in [0.2, 0.25) is 0 Å². The largest absolute Gasteiger partial charge is 0.493 e. The van der Waals surface area contributed by atoms with Gasteiger partial charge in [-0.15, -0.1) is 0 Å². The molecule has 2 aromatic carbocycles. The van der Waals surface area contributed by atoms with Gasteiger partial charge in [0.15, 0.2) is 11.5 Å². The average molecular weight is 378 g/mol. The van der Waals surface area contributed by atoms with Gasteiger partial charge in [-0.1, -0.05) is 12.1 Å². The van der Waals surface area contributed by atoms with Gasteiger partial charge in [-0.3, -0.25) is 0 Å². The molecular formula is C18H22N2O5S. The van der Waals surface area contributed by atoms with E-state index in [4.69, 9.17) is 14.2 Å². The minimum Gasteiger partial charge on any atom is -0.493 e. The fourth-order valence-electron chi connectivity index (χ4n) is 2.39. The Morgan fingerprint density at radius 2 is 1.58 bits per heavy atom. The molecule has 0 radical (unpaired) electrons. The van der Waals surface area contributed by atoms with Crippen LogP contribution in [0.15, 0.2) is 40.3 Å². The van der Waals surface area contributed by atoms with Crippen LogP contribution in [0, 0.1) is 13.8 Å². The zero-order valence-electron chi connectivity index (χ0n) is 15.4. The third-order valence-corrected chi connectivity index (χ3v) is 5.07. The molecule has 1 N–H and O–H groups in total. The molecule has 0 bridgehead atoms. The topological polar surface area (TPSA) is 86.2 Å². The molecule has 2 aromatic rings. The number of rotatable bonds is 7. The zero-order chi connectivity index (χ0) is 19.3. The Balaban J connectivity index is 2.29. The van der Waals surface area contributed by atoms with Gasteiger partial charge in [0, 0.05) is 5.56 Å². The number of hydrazone groups is 1. The van der Waals surface area contributed by atoms with Crippen molar-refractivity contribution in [1.29, 1.82) is 0 Å². The van der Waals surface area contributed by atoms with Gasteiger partial charge >= 0.3 is 0 Å². The minimum atomic E-state index is -3.76. The Kier molecular flexibility index (Phi) is 6.10. The first kappa shape index (κ1) is 19.6. The molecule has 0 saturated heterocycles. The number of benzene rings is 2. The summed E-state index contributed by atoms with van der Waals surface area (Å²) >= 11 is 0. The van der Waals surface area contributed by atoms with Crippen molar-refractivity contribution >= 4 is 16.2 Å². The van der Waals surface area contributed by atoms with Gasteiger partial charge in [-0.05, 0) is 43.2 Å². The summed E-state index contributed by atoms with van der Waals surface area (Å²) in [5, 5.41) is 3.85. The zero-order valence-corrected chi connectivity index (χ0v) is 16.2. The number of nitrogens with one attached hydrogen (secondary N) is 1. The predicted octanol–water partition coefficient (Wildman–Crippen LogP) is 2.64. The predicted molar refractivity (Wildman–Crippen MR) is 99.9 cm³/mol. The molecule has 0 spiro atoms. The highest BCUT2D eigenvalue weighted by atomic mass is 32.2. The number of hydrogen-bond acceptors (Lipinski definition) is 6. The molecule has 0 aliphatic heterocycles. The van der Waals surface area contributed by atoms with E-state index in [9.17, 15) is 8.42 Å². The Morgan fingerprint density at radius 1 is 0.962 bits per heavy atom. The maximum absolute atomic E-state index is 12.4. The van der Waals surface area contributed by atoms with Crippen LogP contribution in [0.5, 0.6) is 17.2 Å². The highest BCUT2D eigenvalue weighted by Crippen LogP contribution is 2.37. The van der Waals surface area contributed by atoms with Crippen LogP contribution >= 0.6 is 0 Å². The van der Waals surface area contributed by atoms with Gasteiger partial charge < -0.3 is 14.2 Å². The second-order valence-electron chi connectivity index (χ2n) is 5.58. The van der Waals surface area contributed by atoms with Gasteiger partial charge in [0.05, 0.1) is 32.4 Å². The van der Waals surface area contributed by atoms with E-state index >= 15 is 0 Å². The SMILES string of the molecule is COc1cc(C=NNS(=O)(=O)c2cc(C)ccc2C)cc(OC)c1OC. The Bertz CT molecular complexity index is 898. The Morgan fingerprint density at radius 3 is 2.12 bits per heavy atom. The summed E-state index contributed by atoms with van der Waals surface area (Å²) in [6.45, 7) is 3.56. The van der Waals surface area contributed by atoms with Crippen molar-refractivity contribution in [3.05, 3.63) is 47.0 Å². The molecule has 0 aromatic heterocycles. The van der Waals surface area contributed by atoms with Gasteiger partial charge in [-0.25, -0.2) is 4.83 Å². The molecule has 2 rings (SSSR count). The van der Waals surface area contributed by atoms with Crippen LogP contribution < -0.4 is 19.0 Å². The first-order valence-electron chi connectivity index (χ1n) is 7.74. The first-order valence-corrected chi connectivity index (χ1v) is 9.23. The second-order valence-corrected chi connectivity index (χ2v) is 7.21. The van der Waals surface area contributed by atoms with E-state index in [1.54, 1.807) is 31.2 Å². The monoisotopic (exact) mass is 378 g/mol. The highest BCUT2D eigenvalue weighted by molar-refractivity contribution is 7.89. The summed E-state index contributed by atoms with van der Waals surface area (Å²) in [7, 11) is 0.746. The third kappa shape index (κ3) is 4.26. The van der Waals surface area contributed by atoms with Gasteiger partial charge in [-0.2, -0.15) is 13.5 Å². The second kappa shape index (κ2) is 8.09. The van der Waals surface area contributed by atoms with E-state index in [0.29, 0.717) is 28.4 Å². The van der Waals surface area contributed by atoms with E-state index in [-0.39, 0.29) is 4.90 Å². The van der Waals surface area contributed by atoms with Crippen molar-refractivity contribution < 1.29 is 22.6 Å².